The Morgan fingerprint density at radius 1 is 0.797 bits per heavy atom. The monoisotopic (exact) mass is 961 g/mol. The zero-order valence-corrected chi connectivity index (χ0v) is 38.0. The number of aromatic nitrogens is 4. The molecule has 0 radical (unpaired) electrons. The molecule has 4 N–H and O–H groups in total. The molecule has 0 bridgehead atoms. The van der Waals surface area contributed by atoms with Crippen LogP contribution in [0.3, 0.4) is 0 Å². The standard InChI is InChI=1S/C30H31F3N4O7.C17H19N3O5/c1-16-9-19(36-7-8-43-13-20(36)12-25(32)33)11-22(31)26(16)27(38)34-23(29(40)41)10-17-3-5-18(6-4-17)37-28(39)21-14-44-15-24(21)35(2)30(37)42;1-19-14-9-25-8-12(14)15(21)20(17(19)23)11-5-3-10(4-6-11)7-13(18)16(22)24-2/h3-6,9,11,20,23,25H,7-8,10,12-15H2,1-2H3,(H,34,38)(H,40,41);3-6,13H,7-9,18H2,1-2H3/t20-,23-;13-/m00/s1. The lowest BCUT2D eigenvalue weighted by atomic mass is 10.0. The quantitative estimate of drug-likeness (QED) is 0.143. The van der Waals surface area contributed by atoms with E-state index in [1.807, 2.05) is 0 Å². The van der Waals surface area contributed by atoms with Crippen LogP contribution in [-0.2, 0) is 81.9 Å². The molecule has 3 atom stereocenters. The van der Waals surface area contributed by atoms with Gasteiger partial charge in [-0.05, 0) is 66.4 Å². The molecule has 0 saturated carbocycles. The van der Waals surface area contributed by atoms with Gasteiger partial charge in [0.05, 0.1) is 92.2 Å². The van der Waals surface area contributed by atoms with Gasteiger partial charge in [0.1, 0.15) is 17.9 Å². The summed E-state index contributed by atoms with van der Waals surface area (Å²) in [6.45, 7) is 2.82. The van der Waals surface area contributed by atoms with Crippen LogP contribution in [-0.4, -0.2) is 92.6 Å². The van der Waals surface area contributed by atoms with E-state index in [1.54, 1.807) is 43.3 Å². The van der Waals surface area contributed by atoms with Crippen molar-refractivity contribution in [3.8, 4) is 11.4 Å². The number of alkyl halides is 2. The summed E-state index contributed by atoms with van der Waals surface area (Å²) < 4.78 is 66.9. The number of rotatable bonds is 13. The second kappa shape index (κ2) is 21.0. The number of nitrogens with zero attached hydrogens (tertiary/aromatic N) is 5. The number of nitrogens with two attached hydrogens (primary N) is 1. The summed E-state index contributed by atoms with van der Waals surface area (Å²) in [7, 11) is 4.45. The van der Waals surface area contributed by atoms with Gasteiger partial charge in [0.15, 0.2) is 0 Å². The van der Waals surface area contributed by atoms with E-state index in [0.29, 0.717) is 45.9 Å². The molecule has 3 aliphatic heterocycles. The Hall–Kier alpha value is -7.14. The molecule has 0 aliphatic carbocycles. The molecule has 19 nitrogen and oxygen atoms in total. The summed E-state index contributed by atoms with van der Waals surface area (Å²) in [5, 5.41) is 12.2. The highest BCUT2D eigenvalue weighted by atomic mass is 19.3. The van der Waals surface area contributed by atoms with Gasteiger partial charge in [0.25, 0.3) is 17.0 Å². The van der Waals surface area contributed by atoms with Crippen LogP contribution < -0.4 is 38.4 Å². The number of aliphatic carboxylic acids is 1. The molecule has 1 amide bonds. The second-order valence-corrected chi connectivity index (χ2v) is 16.7. The number of carbonyl (C=O) groups excluding carboxylic acids is 2. The summed E-state index contributed by atoms with van der Waals surface area (Å²) in [4.78, 5) is 89.1. The first-order valence-corrected chi connectivity index (χ1v) is 21.7. The van der Waals surface area contributed by atoms with Crippen LogP contribution in [0.1, 0.15) is 56.0 Å². The number of carbonyl (C=O) groups is 3. The topological polar surface area (TPSA) is 238 Å². The van der Waals surface area contributed by atoms with Crippen LogP contribution in [0.25, 0.3) is 11.4 Å². The molecule has 22 heteroatoms. The Balaban J connectivity index is 0.000000238. The summed E-state index contributed by atoms with van der Waals surface area (Å²) >= 11 is 0. The average molecular weight is 962 g/mol. The summed E-state index contributed by atoms with van der Waals surface area (Å²) in [5.41, 5.74) is 8.11. The molecular weight excluding hydrogens is 912 g/mol. The van der Waals surface area contributed by atoms with Gasteiger partial charge in [-0.2, -0.15) is 0 Å². The third-order valence-corrected chi connectivity index (χ3v) is 12.3. The van der Waals surface area contributed by atoms with E-state index in [1.165, 1.54) is 53.5 Å². The number of methoxy groups -OCH3 is 1. The van der Waals surface area contributed by atoms with Gasteiger partial charge in [-0.15, -0.1) is 0 Å². The zero-order chi connectivity index (χ0) is 49.8. The Kier molecular flexibility index (Phi) is 15.2. The van der Waals surface area contributed by atoms with Gasteiger partial charge in [0.2, 0.25) is 6.43 Å². The Bertz CT molecular complexity index is 3000. The molecule has 0 unspecified atom stereocenters. The second-order valence-electron chi connectivity index (χ2n) is 16.7. The van der Waals surface area contributed by atoms with Crippen LogP contribution in [0.5, 0.6) is 0 Å². The third-order valence-electron chi connectivity index (χ3n) is 12.3. The number of carboxylic acids is 1. The molecule has 1 fully saturated rings. The molecule has 8 rings (SSSR count). The van der Waals surface area contributed by atoms with Crippen molar-refractivity contribution in [3.63, 3.8) is 0 Å². The number of morpholine rings is 1. The largest absolute Gasteiger partial charge is 0.480 e. The number of hydrogen-bond donors (Lipinski definition) is 3. The van der Waals surface area contributed by atoms with Crippen molar-refractivity contribution in [1.29, 1.82) is 0 Å². The molecule has 5 aromatic rings. The van der Waals surface area contributed by atoms with E-state index < -0.39 is 71.6 Å². The van der Waals surface area contributed by atoms with Gasteiger partial charge in [-0.3, -0.25) is 28.3 Å². The first-order chi connectivity index (χ1) is 32.9. The summed E-state index contributed by atoms with van der Waals surface area (Å²) in [6, 6.07) is 12.6. The van der Waals surface area contributed by atoms with Crippen LogP contribution in [0.2, 0.25) is 0 Å². The number of halogens is 3. The van der Waals surface area contributed by atoms with Crippen LogP contribution in [0, 0.1) is 12.7 Å². The molecule has 366 valence electrons. The number of fused-ring (bicyclic) bond motifs is 2. The molecule has 3 aliphatic rings. The highest BCUT2D eigenvalue weighted by Crippen LogP contribution is 2.28. The van der Waals surface area contributed by atoms with Gasteiger partial charge in [-0.25, -0.2) is 36.7 Å². The average Bonchev–Trinajstić information content (AvgIpc) is 4.03. The number of aryl methyl sites for hydroxylation is 1. The predicted octanol–water partition coefficient (Wildman–Crippen LogP) is 1.91. The van der Waals surface area contributed by atoms with Crippen molar-refractivity contribution in [2.45, 2.75) is 77.2 Å². The van der Waals surface area contributed by atoms with Crippen molar-refractivity contribution in [3.05, 3.63) is 153 Å². The molecule has 5 heterocycles. The SMILES string of the molecule is COC(=O)[C@@H](N)Cc1ccc(-n2c(=O)c3c(n(C)c2=O)COC3)cc1.Cc1cc(N2CCOC[C@@H]2CC(F)F)cc(F)c1C(=O)N[C@@H](Cc1ccc(-n2c(=O)c3c(n(C)c2=O)COC3)cc1)C(=O)O. The van der Waals surface area contributed by atoms with Crippen molar-refractivity contribution >= 4 is 23.5 Å². The lowest BCUT2D eigenvalue weighted by molar-refractivity contribution is -0.142. The fraction of sp³-hybridized carbons (Fsp3) is 0.383. The van der Waals surface area contributed by atoms with Gasteiger partial charge >= 0.3 is 23.3 Å². The summed E-state index contributed by atoms with van der Waals surface area (Å²) in [6.07, 6.45) is -2.90. The van der Waals surface area contributed by atoms with E-state index in [0.717, 1.165) is 20.8 Å². The number of anilines is 1. The maximum absolute atomic E-state index is 15.3. The zero-order valence-electron chi connectivity index (χ0n) is 38.0. The first-order valence-electron chi connectivity index (χ1n) is 21.7. The molecule has 3 aromatic carbocycles. The minimum absolute atomic E-state index is 0.0597. The third kappa shape index (κ3) is 10.5. The van der Waals surface area contributed by atoms with E-state index in [2.05, 4.69) is 10.1 Å². The highest BCUT2D eigenvalue weighted by molar-refractivity contribution is 5.98. The maximum Gasteiger partial charge on any atom is 0.335 e. The summed E-state index contributed by atoms with van der Waals surface area (Å²) in [5.74, 6) is -3.71. The fourth-order valence-electron chi connectivity index (χ4n) is 8.53. The Morgan fingerprint density at radius 2 is 1.32 bits per heavy atom. The van der Waals surface area contributed by atoms with Crippen LogP contribution >= 0.6 is 0 Å². The Morgan fingerprint density at radius 3 is 1.80 bits per heavy atom. The molecule has 69 heavy (non-hydrogen) atoms. The van der Waals surface area contributed by atoms with Gasteiger partial charge in [0, 0.05) is 39.2 Å². The molecule has 0 spiro atoms. The van der Waals surface area contributed by atoms with Crippen molar-refractivity contribution in [1.82, 2.24) is 23.6 Å². The van der Waals surface area contributed by atoms with Crippen molar-refractivity contribution in [2.24, 2.45) is 19.8 Å². The smallest absolute Gasteiger partial charge is 0.335 e. The number of hydrogen-bond acceptors (Lipinski definition) is 13. The molecule has 1 saturated heterocycles. The first kappa shape index (κ1) is 49.8. The number of amides is 1. The fourth-order valence-corrected chi connectivity index (χ4v) is 8.53. The van der Waals surface area contributed by atoms with Gasteiger partial charge in [-0.1, -0.05) is 24.3 Å². The van der Waals surface area contributed by atoms with E-state index in [9.17, 15) is 47.4 Å². The normalized spacial score (nSPS) is 16.0. The van der Waals surface area contributed by atoms with E-state index in [-0.39, 0.29) is 75.0 Å². The number of nitrogens with one attached hydrogen (secondary N) is 1. The minimum atomic E-state index is -2.58. The Labute approximate surface area is 391 Å². The lowest BCUT2D eigenvalue weighted by Gasteiger charge is -2.37. The van der Waals surface area contributed by atoms with Crippen LogP contribution in [0.4, 0.5) is 18.9 Å². The minimum Gasteiger partial charge on any atom is -0.480 e. The van der Waals surface area contributed by atoms with E-state index >= 15 is 4.39 Å². The number of esters is 1. The lowest BCUT2D eigenvalue weighted by Crippen LogP contribution is -2.46. The molecular formula is C47H50F3N7O12. The maximum atomic E-state index is 15.3. The molecule has 2 aromatic heterocycles. The van der Waals surface area contributed by atoms with Crippen molar-refractivity contribution < 1.29 is 51.6 Å². The predicted molar refractivity (Wildman–Crippen MR) is 242 cm³/mol. The number of benzene rings is 3. The van der Waals surface area contributed by atoms with Crippen molar-refractivity contribution in [2.75, 3.05) is 31.8 Å². The highest BCUT2D eigenvalue weighted by Gasteiger charge is 2.30. The van der Waals surface area contributed by atoms with Crippen LogP contribution in [0.15, 0.2) is 79.8 Å². The van der Waals surface area contributed by atoms with E-state index in [4.69, 9.17) is 19.9 Å². The van der Waals surface area contributed by atoms with Gasteiger partial charge < -0.3 is 40.0 Å². The number of carboxylic acid groups (broad SMARTS) is 1. The number of ether oxygens (including phenoxy) is 4.